The number of nitrogens with zero attached hydrogens (tertiary/aromatic N) is 2. The van der Waals surface area contributed by atoms with Gasteiger partial charge in [-0.15, -0.1) is 34.3 Å². The average Bonchev–Trinajstić information content (AvgIpc) is 3.06. The maximum atomic E-state index is 12.0. The number of fused-ring (bicyclic) bond motifs is 1. The number of anilines is 1. The van der Waals surface area contributed by atoms with E-state index in [4.69, 9.17) is 11.6 Å². The Morgan fingerprint density at radius 3 is 3.05 bits per heavy atom. The molecule has 1 aromatic carbocycles. The lowest BCUT2D eigenvalue weighted by Gasteiger charge is -2.03. The fourth-order valence-electron chi connectivity index (χ4n) is 1.77. The molecule has 0 bridgehead atoms. The molecule has 2 aromatic heterocycles. The monoisotopic (exact) mass is 323 g/mol. The SMILES string of the molecule is O=C(Cc1nc(CCl)cs1)Nc1ccc2ncsc2c1. The zero-order chi connectivity index (χ0) is 13.9. The van der Waals surface area contributed by atoms with Crippen LogP contribution in [0.25, 0.3) is 10.2 Å². The minimum atomic E-state index is -0.0793. The number of nitrogens with one attached hydrogen (secondary N) is 1. The first-order chi connectivity index (χ1) is 9.74. The molecule has 0 fully saturated rings. The topological polar surface area (TPSA) is 54.9 Å². The number of rotatable bonds is 4. The van der Waals surface area contributed by atoms with Gasteiger partial charge in [0.05, 0.1) is 33.7 Å². The van der Waals surface area contributed by atoms with Crippen LogP contribution in [-0.4, -0.2) is 15.9 Å². The maximum Gasteiger partial charge on any atom is 0.231 e. The molecular formula is C13H10ClN3OS2. The van der Waals surface area contributed by atoms with Crippen molar-refractivity contribution in [3.05, 3.63) is 39.8 Å². The third-order valence-electron chi connectivity index (χ3n) is 2.66. The highest BCUT2D eigenvalue weighted by atomic mass is 35.5. The van der Waals surface area contributed by atoms with Gasteiger partial charge in [0.25, 0.3) is 0 Å². The van der Waals surface area contributed by atoms with Crippen molar-refractivity contribution >= 4 is 56.1 Å². The van der Waals surface area contributed by atoms with Gasteiger partial charge in [0.1, 0.15) is 5.01 Å². The summed E-state index contributed by atoms with van der Waals surface area (Å²) in [6.45, 7) is 0. The Hall–Kier alpha value is -1.50. The van der Waals surface area contributed by atoms with E-state index in [0.29, 0.717) is 5.88 Å². The Morgan fingerprint density at radius 2 is 2.25 bits per heavy atom. The van der Waals surface area contributed by atoms with E-state index in [1.807, 2.05) is 23.6 Å². The largest absolute Gasteiger partial charge is 0.326 e. The van der Waals surface area contributed by atoms with Crippen molar-refractivity contribution in [2.75, 3.05) is 5.32 Å². The van der Waals surface area contributed by atoms with Crippen LogP contribution in [-0.2, 0) is 17.1 Å². The third kappa shape index (κ3) is 2.98. The van der Waals surface area contributed by atoms with E-state index in [9.17, 15) is 4.79 Å². The molecule has 3 rings (SSSR count). The lowest BCUT2D eigenvalue weighted by Crippen LogP contribution is -2.14. The summed E-state index contributed by atoms with van der Waals surface area (Å²) in [6.07, 6.45) is 0.266. The van der Waals surface area contributed by atoms with Gasteiger partial charge in [-0.25, -0.2) is 9.97 Å². The molecule has 0 aliphatic carbocycles. The summed E-state index contributed by atoms with van der Waals surface area (Å²) in [4.78, 5) is 20.4. The molecule has 0 spiro atoms. The molecule has 102 valence electrons. The number of thiazole rings is 2. The Balaban J connectivity index is 1.68. The van der Waals surface area contributed by atoms with Gasteiger partial charge in [-0.3, -0.25) is 4.79 Å². The second kappa shape index (κ2) is 5.87. The number of aromatic nitrogens is 2. The Labute approximate surface area is 128 Å². The number of hydrogen-bond donors (Lipinski definition) is 1. The van der Waals surface area contributed by atoms with Crippen molar-refractivity contribution in [3.63, 3.8) is 0 Å². The van der Waals surface area contributed by atoms with Crippen molar-refractivity contribution in [2.24, 2.45) is 0 Å². The van der Waals surface area contributed by atoms with Gasteiger partial charge in [-0.05, 0) is 18.2 Å². The van der Waals surface area contributed by atoms with Crippen LogP contribution in [0.1, 0.15) is 10.7 Å². The van der Waals surface area contributed by atoms with Gasteiger partial charge in [0.2, 0.25) is 5.91 Å². The zero-order valence-corrected chi connectivity index (χ0v) is 12.7. The second-order valence-electron chi connectivity index (χ2n) is 4.13. The molecule has 3 aromatic rings. The van der Waals surface area contributed by atoms with Crippen molar-refractivity contribution in [3.8, 4) is 0 Å². The van der Waals surface area contributed by atoms with Crippen LogP contribution < -0.4 is 5.32 Å². The van der Waals surface area contributed by atoms with E-state index in [-0.39, 0.29) is 12.3 Å². The molecule has 2 heterocycles. The summed E-state index contributed by atoms with van der Waals surface area (Å²) >= 11 is 8.69. The van der Waals surface area contributed by atoms with Crippen molar-refractivity contribution < 1.29 is 4.79 Å². The van der Waals surface area contributed by atoms with Gasteiger partial charge >= 0.3 is 0 Å². The minimum Gasteiger partial charge on any atom is -0.326 e. The second-order valence-corrected chi connectivity index (χ2v) is 6.22. The third-order valence-corrected chi connectivity index (χ3v) is 4.63. The first kappa shape index (κ1) is 13.5. The van der Waals surface area contributed by atoms with Crippen LogP contribution in [0, 0.1) is 0 Å². The first-order valence-corrected chi connectivity index (χ1v) is 8.16. The summed E-state index contributed by atoms with van der Waals surface area (Å²) in [5.41, 5.74) is 4.32. The lowest BCUT2D eigenvalue weighted by molar-refractivity contribution is -0.115. The van der Waals surface area contributed by atoms with Gasteiger partial charge < -0.3 is 5.32 Å². The highest BCUT2D eigenvalue weighted by molar-refractivity contribution is 7.16. The smallest absolute Gasteiger partial charge is 0.231 e. The highest BCUT2D eigenvalue weighted by Crippen LogP contribution is 2.22. The van der Waals surface area contributed by atoms with Crippen LogP contribution in [0.2, 0.25) is 0 Å². The van der Waals surface area contributed by atoms with Crippen LogP contribution >= 0.6 is 34.3 Å². The average molecular weight is 324 g/mol. The van der Waals surface area contributed by atoms with Crippen LogP contribution in [0.4, 0.5) is 5.69 Å². The van der Waals surface area contributed by atoms with Crippen molar-refractivity contribution in [1.29, 1.82) is 0 Å². The summed E-state index contributed by atoms with van der Waals surface area (Å²) in [5, 5.41) is 5.52. The Kier molecular flexibility index (Phi) is 3.95. The molecule has 1 amide bonds. The number of benzene rings is 1. The zero-order valence-electron chi connectivity index (χ0n) is 10.3. The molecule has 20 heavy (non-hydrogen) atoms. The number of halogens is 1. The fraction of sp³-hybridized carbons (Fsp3) is 0.154. The van der Waals surface area contributed by atoms with E-state index in [2.05, 4.69) is 15.3 Å². The number of carbonyl (C=O) groups excluding carboxylic acids is 1. The van der Waals surface area contributed by atoms with E-state index >= 15 is 0 Å². The molecule has 0 aliphatic heterocycles. The van der Waals surface area contributed by atoms with Crippen molar-refractivity contribution in [1.82, 2.24) is 9.97 Å². The number of carbonyl (C=O) groups is 1. The highest BCUT2D eigenvalue weighted by Gasteiger charge is 2.08. The lowest BCUT2D eigenvalue weighted by atomic mass is 10.3. The normalized spacial score (nSPS) is 10.8. The molecule has 0 unspecified atom stereocenters. The van der Waals surface area contributed by atoms with Crippen LogP contribution in [0.5, 0.6) is 0 Å². The van der Waals surface area contributed by atoms with E-state index in [1.54, 1.807) is 16.8 Å². The molecule has 4 nitrogen and oxygen atoms in total. The number of alkyl halides is 1. The van der Waals surface area contributed by atoms with E-state index in [0.717, 1.165) is 26.6 Å². The predicted octanol–water partition coefficient (Wildman–Crippen LogP) is 3.67. The molecular weight excluding hydrogens is 314 g/mol. The van der Waals surface area contributed by atoms with Crippen molar-refractivity contribution in [2.45, 2.75) is 12.3 Å². The summed E-state index contributed by atoms with van der Waals surface area (Å²) < 4.78 is 1.06. The van der Waals surface area contributed by atoms with E-state index in [1.165, 1.54) is 11.3 Å². The molecule has 1 N–H and O–H groups in total. The first-order valence-electron chi connectivity index (χ1n) is 5.87. The fourth-order valence-corrected chi connectivity index (χ4v) is 3.50. The van der Waals surface area contributed by atoms with E-state index < -0.39 is 0 Å². The van der Waals surface area contributed by atoms with Crippen LogP contribution in [0.15, 0.2) is 29.1 Å². The molecule has 0 aliphatic rings. The molecule has 0 saturated heterocycles. The summed E-state index contributed by atoms with van der Waals surface area (Å²) in [6, 6.07) is 5.68. The molecule has 7 heteroatoms. The molecule has 0 atom stereocenters. The number of amides is 1. The maximum absolute atomic E-state index is 12.0. The van der Waals surface area contributed by atoms with Gasteiger partial charge in [0.15, 0.2) is 0 Å². The predicted molar refractivity (Wildman–Crippen MR) is 83.6 cm³/mol. The van der Waals surface area contributed by atoms with Gasteiger partial charge in [-0.2, -0.15) is 0 Å². The Morgan fingerprint density at radius 1 is 1.35 bits per heavy atom. The minimum absolute atomic E-state index is 0.0793. The molecule has 0 saturated carbocycles. The van der Waals surface area contributed by atoms with Gasteiger partial charge in [-0.1, -0.05) is 0 Å². The standard InChI is InChI=1S/C13H10ClN3OS2/c14-5-9-6-19-13(17-9)4-12(18)16-8-1-2-10-11(3-8)20-7-15-10/h1-3,6-7H,4-5H2,(H,16,18). The quantitative estimate of drug-likeness (QED) is 0.745. The van der Waals surface area contributed by atoms with Crippen LogP contribution in [0.3, 0.4) is 0 Å². The summed E-state index contributed by atoms with van der Waals surface area (Å²) in [5.74, 6) is 0.296. The Bertz CT molecular complexity index is 753. The van der Waals surface area contributed by atoms with Gasteiger partial charge in [0, 0.05) is 11.1 Å². The summed E-state index contributed by atoms with van der Waals surface area (Å²) in [7, 11) is 0. The number of hydrogen-bond acceptors (Lipinski definition) is 5. The molecule has 0 radical (unpaired) electrons.